The Morgan fingerprint density at radius 2 is 1.67 bits per heavy atom. The molecule has 116 valence electrons. The Morgan fingerprint density at radius 1 is 1.00 bits per heavy atom. The third-order valence-corrected chi connectivity index (χ3v) is 3.56. The van der Waals surface area contributed by atoms with Gasteiger partial charge in [-0.15, -0.1) is 0 Å². The number of ketones is 1. The summed E-state index contributed by atoms with van der Waals surface area (Å²) in [4.78, 5) is 23.1. The van der Waals surface area contributed by atoms with E-state index in [4.69, 9.17) is 0 Å². The first kappa shape index (κ1) is 17.4. The zero-order valence-corrected chi connectivity index (χ0v) is 13.3. The predicted octanol–water partition coefficient (Wildman–Crippen LogP) is 4.97. The number of unbranched alkanes of at least 4 members (excludes halogenated alkanes) is 6. The van der Waals surface area contributed by atoms with Crippen molar-refractivity contribution in [3.63, 3.8) is 0 Å². The van der Waals surface area contributed by atoms with Gasteiger partial charge < -0.3 is 5.32 Å². The summed E-state index contributed by atoms with van der Waals surface area (Å²) in [5, 5.41) is 2.86. The fourth-order valence-corrected chi connectivity index (χ4v) is 2.28. The summed E-state index contributed by atoms with van der Waals surface area (Å²) in [5.41, 5.74) is 1.33. The van der Waals surface area contributed by atoms with E-state index in [1.807, 2.05) is 6.07 Å². The molecule has 0 heterocycles. The molecule has 0 bridgehead atoms. The highest BCUT2D eigenvalue weighted by molar-refractivity contribution is 5.97. The minimum atomic E-state index is 0.0122. The second-order valence-electron chi connectivity index (χ2n) is 5.56. The smallest absolute Gasteiger partial charge is 0.224 e. The van der Waals surface area contributed by atoms with E-state index in [2.05, 4.69) is 12.2 Å². The van der Waals surface area contributed by atoms with E-state index in [1.165, 1.54) is 39.0 Å². The number of Topliss-reactive ketones (excluding diaryl/α,β-unsaturated/α-hetero) is 1. The highest BCUT2D eigenvalue weighted by atomic mass is 16.1. The molecular weight excluding hydrogens is 262 g/mol. The Hall–Kier alpha value is -1.64. The lowest BCUT2D eigenvalue weighted by Crippen LogP contribution is -2.11. The quantitative estimate of drug-likeness (QED) is 0.488. The number of amides is 1. The molecule has 3 nitrogen and oxygen atoms in total. The number of hydrogen-bond donors (Lipinski definition) is 1. The van der Waals surface area contributed by atoms with Crippen LogP contribution < -0.4 is 5.32 Å². The van der Waals surface area contributed by atoms with Gasteiger partial charge in [0, 0.05) is 17.7 Å². The van der Waals surface area contributed by atoms with Crippen molar-refractivity contribution in [1.29, 1.82) is 0 Å². The average Bonchev–Trinajstić information content (AvgIpc) is 2.46. The Morgan fingerprint density at radius 3 is 2.33 bits per heavy atom. The van der Waals surface area contributed by atoms with Crippen molar-refractivity contribution >= 4 is 17.4 Å². The first-order valence-electron chi connectivity index (χ1n) is 8.04. The van der Waals surface area contributed by atoms with Crippen molar-refractivity contribution in [1.82, 2.24) is 0 Å². The first-order chi connectivity index (χ1) is 10.1. The molecule has 0 saturated heterocycles. The van der Waals surface area contributed by atoms with E-state index in [1.54, 1.807) is 18.2 Å². The first-order valence-corrected chi connectivity index (χ1v) is 8.04. The Labute approximate surface area is 128 Å². The van der Waals surface area contributed by atoms with Gasteiger partial charge in [-0.25, -0.2) is 0 Å². The highest BCUT2D eigenvalue weighted by Crippen LogP contribution is 2.13. The second-order valence-corrected chi connectivity index (χ2v) is 5.56. The van der Waals surface area contributed by atoms with E-state index in [0.29, 0.717) is 17.7 Å². The lowest BCUT2D eigenvalue weighted by atomic mass is 10.1. The Balaban J connectivity index is 2.21. The Kier molecular flexibility index (Phi) is 8.41. The molecule has 0 aromatic heterocycles. The molecule has 0 fully saturated rings. The van der Waals surface area contributed by atoms with Crippen LogP contribution in [0, 0.1) is 0 Å². The summed E-state index contributed by atoms with van der Waals surface area (Å²) < 4.78 is 0. The summed E-state index contributed by atoms with van der Waals surface area (Å²) >= 11 is 0. The Bertz CT molecular complexity index is 454. The molecular formula is C18H27NO2. The van der Waals surface area contributed by atoms with Gasteiger partial charge in [0.2, 0.25) is 5.91 Å². The summed E-state index contributed by atoms with van der Waals surface area (Å²) in [6.07, 6.45) is 8.98. The van der Waals surface area contributed by atoms with E-state index < -0.39 is 0 Å². The molecule has 0 aliphatic carbocycles. The monoisotopic (exact) mass is 289 g/mol. The molecule has 0 aliphatic heterocycles. The van der Waals surface area contributed by atoms with Gasteiger partial charge in [0.25, 0.3) is 0 Å². The van der Waals surface area contributed by atoms with Gasteiger partial charge in [-0.05, 0) is 25.5 Å². The van der Waals surface area contributed by atoms with Crippen molar-refractivity contribution in [3.05, 3.63) is 29.8 Å². The van der Waals surface area contributed by atoms with Crippen LogP contribution in [0.4, 0.5) is 5.69 Å². The maximum absolute atomic E-state index is 11.8. The normalized spacial score (nSPS) is 10.4. The number of nitrogens with one attached hydrogen (secondary N) is 1. The van der Waals surface area contributed by atoms with Crippen LogP contribution in [0.3, 0.4) is 0 Å². The molecule has 21 heavy (non-hydrogen) atoms. The second kappa shape index (κ2) is 10.1. The molecule has 0 aliphatic rings. The van der Waals surface area contributed by atoms with E-state index >= 15 is 0 Å². The van der Waals surface area contributed by atoms with Gasteiger partial charge in [0.15, 0.2) is 5.78 Å². The fourth-order valence-electron chi connectivity index (χ4n) is 2.28. The minimum Gasteiger partial charge on any atom is -0.326 e. The number of anilines is 1. The van der Waals surface area contributed by atoms with Gasteiger partial charge in [-0.2, -0.15) is 0 Å². The average molecular weight is 289 g/mol. The van der Waals surface area contributed by atoms with E-state index in [0.717, 1.165) is 12.8 Å². The molecule has 0 saturated carbocycles. The third kappa shape index (κ3) is 7.64. The molecule has 1 rings (SSSR count). The third-order valence-electron chi connectivity index (χ3n) is 3.56. The number of hydrogen-bond acceptors (Lipinski definition) is 2. The highest BCUT2D eigenvalue weighted by Gasteiger charge is 2.04. The molecule has 0 radical (unpaired) electrons. The maximum Gasteiger partial charge on any atom is 0.224 e. The van der Waals surface area contributed by atoms with Crippen LogP contribution in [0.15, 0.2) is 24.3 Å². The summed E-state index contributed by atoms with van der Waals surface area (Å²) in [5.74, 6) is 0.0439. The largest absolute Gasteiger partial charge is 0.326 e. The molecule has 1 amide bonds. The van der Waals surface area contributed by atoms with Crippen LogP contribution in [0.2, 0.25) is 0 Å². The van der Waals surface area contributed by atoms with Gasteiger partial charge in [0.05, 0.1) is 0 Å². The minimum absolute atomic E-state index is 0.0122. The van der Waals surface area contributed by atoms with Crippen molar-refractivity contribution in [3.8, 4) is 0 Å². The van der Waals surface area contributed by atoms with Crippen molar-refractivity contribution < 1.29 is 9.59 Å². The van der Waals surface area contributed by atoms with Gasteiger partial charge in [-0.1, -0.05) is 57.6 Å². The molecule has 3 heteroatoms. The fraction of sp³-hybridized carbons (Fsp3) is 0.556. The van der Waals surface area contributed by atoms with Gasteiger partial charge in [-0.3, -0.25) is 9.59 Å². The van der Waals surface area contributed by atoms with Gasteiger partial charge >= 0.3 is 0 Å². The maximum atomic E-state index is 11.8. The number of benzene rings is 1. The van der Waals surface area contributed by atoms with Crippen LogP contribution in [-0.2, 0) is 4.79 Å². The zero-order valence-electron chi connectivity index (χ0n) is 13.3. The van der Waals surface area contributed by atoms with Crippen LogP contribution >= 0.6 is 0 Å². The van der Waals surface area contributed by atoms with Crippen LogP contribution in [-0.4, -0.2) is 11.7 Å². The molecule has 0 unspecified atom stereocenters. The zero-order chi connectivity index (χ0) is 15.5. The lowest BCUT2D eigenvalue weighted by Gasteiger charge is -2.06. The molecule has 0 spiro atoms. The van der Waals surface area contributed by atoms with Crippen LogP contribution in [0.1, 0.15) is 75.6 Å². The number of rotatable bonds is 10. The summed E-state index contributed by atoms with van der Waals surface area (Å²) in [6.45, 7) is 3.74. The standard InChI is InChI=1S/C18H27NO2/c1-3-4-5-6-7-8-9-13-18(21)19-17-12-10-11-16(14-17)15(2)20/h10-12,14H,3-9,13H2,1-2H3,(H,19,21). The molecule has 1 aromatic rings. The lowest BCUT2D eigenvalue weighted by molar-refractivity contribution is -0.116. The molecule has 1 aromatic carbocycles. The molecule has 0 atom stereocenters. The summed E-state index contributed by atoms with van der Waals surface area (Å²) in [6, 6.07) is 7.09. The van der Waals surface area contributed by atoms with Crippen LogP contribution in [0.25, 0.3) is 0 Å². The number of carbonyl (C=O) groups excluding carboxylic acids is 2. The van der Waals surface area contributed by atoms with E-state index in [9.17, 15) is 9.59 Å². The van der Waals surface area contributed by atoms with Crippen molar-refractivity contribution in [2.45, 2.75) is 65.2 Å². The van der Waals surface area contributed by atoms with Crippen molar-refractivity contribution in [2.75, 3.05) is 5.32 Å². The van der Waals surface area contributed by atoms with Crippen LogP contribution in [0.5, 0.6) is 0 Å². The topological polar surface area (TPSA) is 46.2 Å². The number of carbonyl (C=O) groups is 2. The van der Waals surface area contributed by atoms with Gasteiger partial charge in [0.1, 0.15) is 0 Å². The SMILES string of the molecule is CCCCCCCCCC(=O)Nc1cccc(C(C)=O)c1. The van der Waals surface area contributed by atoms with E-state index in [-0.39, 0.29) is 11.7 Å². The van der Waals surface area contributed by atoms with Crippen molar-refractivity contribution in [2.24, 2.45) is 0 Å². The molecule has 1 N–H and O–H groups in total. The predicted molar refractivity (Wildman–Crippen MR) is 87.7 cm³/mol. The summed E-state index contributed by atoms with van der Waals surface area (Å²) in [7, 11) is 0.